The van der Waals surface area contributed by atoms with E-state index >= 15 is 0 Å². The Hall–Kier alpha value is -0.910. The lowest BCUT2D eigenvalue weighted by atomic mass is 10.0. The van der Waals surface area contributed by atoms with Crippen molar-refractivity contribution in [3.8, 4) is 0 Å². The first-order valence-electron chi connectivity index (χ1n) is 10.1. The number of rotatable bonds is 7. The SMILES string of the molecule is CN=C(NCc1cccc(S(N)(=O)=O)c1)NCC(C(C)C)N1CCCCCC1.I. The number of hydrogen-bond acceptors (Lipinski definition) is 4. The zero-order valence-corrected chi connectivity index (χ0v) is 20.9. The monoisotopic (exact) mass is 537 g/mol. The van der Waals surface area contributed by atoms with E-state index in [1.165, 1.54) is 31.7 Å². The highest BCUT2D eigenvalue weighted by Crippen LogP contribution is 2.17. The van der Waals surface area contributed by atoms with E-state index in [-0.39, 0.29) is 28.9 Å². The molecule has 7 nitrogen and oxygen atoms in total. The van der Waals surface area contributed by atoms with E-state index in [9.17, 15) is 8.42 Å². The van der Waals surface area contributed by atoms with Crippen molar-refractivity contribution in [2.45, 2.75) is 57.0 Å². The van der Waals surface area contributed by atoms with Gasteiger partial charge >= 0.3 is 0 Å². The van der Waals surface area contributed by atoms with Gasteiger partial charge in [-0.05, 0) is 49.5 Å². The third-order valence-electron chi connectivity index (χ3n) is 5.27. The van der Waals surface area contributed by atoms with Gasteiger partial charge in [0, 0.05) is 26.2 Å². The van der Waals surface area contributed by atoms with Gasteiger partial charge < -0.3 is 10.6 Å². The van der Waals surface area contributed by atoms with Gasteiger partial charge in [0.05, 0.1) is 4.90 Å². The molecule has 0 amide bonds. The Morgan fingerprint density at radius 1 is 1.17 bits per heavy atom. The fraction of sp³-hybridized carbons (Fsp3) is 0.650. The molecular formula is C20H36IN5O2S. The van der Waals surface area contributed by atoms with Crippen LogP contribution >= 0.6 is 24.0 Å². The van der Waals surface area contributed by atoms with Crippen LogP contribution in [0.25, 0.3) is 0 Å². The minimum atomic E-state index is -3.70. The number of likely N-dealkylation sites (tertiary alicyclic amines) is 1. The van der Waals surface area contributed by atoms with Crippen molar-refractivity contribution in [1.82, 2.24) is 15.5 Å². The van der Waals surface area contributed by atoms with Crippen LogP contribution in [0.3, 0.4) is 0 Å². The van der Waals surface area contributed by atoms with Crippen LogP contribution in [-0.4, -0.2) is 52.0 Å². The molecule has 2 rings (SSSR count). The van der Waals surface area contributed by atoms with Gasteiger partial charge in [0.15, 0.2) is 5.96 Å². The predicted octanol–water partition coefficient (Wildman–Crippen LogP) is 2.52. The van der Waals surface area contributed by atoms with Crippen LogP contribution in [0.4, 0.5) is 0 Å². The lowest BCUT2D eigenvalue weighted by molar-refractivity contribution is 0.161. The van der Waals surface area contributed by atoms with Crippen LogP contribution in [0.2, 0.25) is 0 Å². The Kier molecular flexibility index (Phi) is 11.4. The molecular weight excluding hydrogens is 501 g/mol. The summed E-state index contributed by atoms with van der Waals surface area (Å²) in [6.45, 7) is 8.17. The molecule has 29 heavy (non-hydrogen) atoms. The molecule has 0 aliphatic carbocycles. The lowest BCUT2D eigenvalue weighted by Gasteiger charge is -2.34. The molecule has 1 atom stereocenters. The minimum Gasteiger partial charge on any atom is -0.355 e. The van der Waals surface area contributed by atoms with Crippen LogP contribution < -0.4 is 15.8 Å². The summed E-state index contributed by atoms with van der Waals surface area (Å²) in [6, 6.07) is 7.11. The summed E-state index contributed by atoms with van der Waals surface area (Å²) in [6.07, 6.45) is 5.21. The Morgan fingerprint density at radius 3 is 2.38 bits per heavy atom. The van der Waals surface area contributed by atoms with Crippen molar-refractivity contribution in [1.29, 1.82) is 0 Å². The highest BCUT2D eigenvalue weighted by Gasteiger charge is 2.22. The van der Waals surface area contributed by atoms with E-state index in [0.717, 1.165) is 25.2 Å². The molecule has 166 valence electrons. The van der Waals surface area contributed by atoms with E-state index in [1.54, 1.807) is 19.2 Å². The molecule has 1 aliphatic heterocycles. The van der Waals surface area contributed by atoms with Gasteiger partial charge in [-0.25, -0.2) is 13.6 Å². The van der Waals surface area contributed by atoms with Gasteiger partial charge in [0.25, 0.3) is 0 Å². The molecule has 0 spiro atoms. The topological polar surface area (TPSA) is 99.8 Å². The smallest absolute Gasteiger partial charge is 0.238 e. The van der Waals surface area contributed by atoms with Crippen LogP contribution in [0, 0.1) is 5.92 Å². The van der Waals surface area contributed by atoms with Crippen LogP contribution in [0.5, 0.6) is 0 Å². The average Bonchev–Trinajstić information content (AvgIpc) is 2.93. The fourth-order valence-electron chi connectivity index (χ4n) is 3.65. The molecule has 9 heteroatoms. The summed E-state index contributed by atoms with van der Waals surface area (Å²) in [5.41, 5.74) is 0.836. The van der Waals surface area contributed by atoms with Gasteiger partial charge in [-0.1, -0.05) is 38.8 Å². The number of guanidine groups is 1. The van der Waals surface area contributed by atoms with E-state index < -0.39 is 10.0 Å². The van der Waals surface area contributed by atoms with Crippen molar-refractivity contribution in [2.24, 2.45) is 16.0 Å². The number of halogens is 1. The van der Waals surface area contributed by atoms with Crippen LogP contribution in [0.15, 0.2) is 34.2 Å². The molecule has 1 aliphatic rings. The summed E-state index contributed by atoms with van der Waals surface area (Å²) in [7, 11) is -1.95. The van der Waals surface area contributed by atoms with Gasteiger partial charge in [-0.3, -0.25) is 9.89 Å². The largest absolute Gasteiger partial charge is 0.355 e. The average molecular weight is 538 g/mol. The van der Waals surface area contributed by atoms with Crippen molar-refractivity contribution in [3.05, 3.63) is 29.8 Å². The number of primary sulfonamides is 1. The number of aliphatic imine (C=N–C) groups is 1. The first-order valence-corrected chi connectivity index (χ1v) is 11.7. The zero-order chi connectivity index (χ0) is 20.6. The molecule has 0 aromatic heterocycles. The third kappa shape index (κ3) is 8.77. The summed E-state index contributed by atoms with van der Waals surface area (Å²) in [4.78, 5) is 7.03. The second kappa shape index (κ2) is 12.7. The summed E-state index contributed by atoms with van der Waals surface area (Å²) >= 11 is 0. The molecule has 1 unspecified atom stereocenters. The maximum atomic E-state index is 11.5. The Morgan fingerprint density at radius 2 is 1.83 bits per heavy atom. The van der Waals surface area contributed by atoms with Crippen LogP contribution in [-0.2, 0) is 16.6 Å². The third-order valence-corrected chi connectivity index (χ3v) is 6.18. The maximum Gasteiger partial charge on any atom is 0.238 e. The second-order valence-electron chi connectivity index (χ2n) is 7.76. The highest BCUT2D eigenvalue weighted by molar-refractivity contribution is 14.0. The number of hydrogen-bond donors (Lipinski definition) is 3. The predicted molar refractivity (Wildman–Crippen MR) is 130 cm³/mol. The molecule has 1 saturated heterocycles. The first-order chi connectivity index (χ1) is 13.3. The first kappa shape index (κ1) is 26.1. The quantitative estimate of drug-likeness (QED) is 0.282. The minimum absolute atomic E-state index is 0. The summed E-state index contributed by atoms with van der Waals surface area (Å²) in [5, 5.41) is 11.9. The summed E-state index contributed by atoms with van der Waals surface area (Å²) in [5.74, 6) is 1.26. The van der Waals surface area contributed by atoms with E-state index in [1.807, 2.05) is 6.07 Å². The maximum absolute atomic E-state index is 11.5. The lowest BCUT2D eigenvalue weighted by Crippen LogP contribution is -2.49. The van der Waals surface area contributed by atoms with Crippen LogP contribution in [0.1, 0.15) is 45.1 Å². The highest BCUT2D eigenvalue weighted by atomic mass is 127. The molecule has 1 aromatic rings. The Bertz CT molecular complexity index is 747. The number of nitrogens with zero attached hydrogens (tertiary/aromatic N) is 2. The summed E-state index contributed by atoms with van der Waals surface area (Å²) < 4.78 is 23.0. The van der Waals surface area contributed by atoms with Crippen molar-refractivity contribution in [2.75, 3.05) is 26.7 Å². The molecule has 4 N–H and O–H groups in total. The van der Waals surface area contributed by atoms with E-state index in [4.69, 9.17) is 5.14 Å². The Labute approximate surface area is 193 Å². The number of nitrogens with one attached hydrogen (secondary N) is 2. The zero-order valence-electron chi connectivity index (χ0n) is 17.7. The molecule has 1 aromatic carbocycles. The number of sulfonamides is 1. The normalized spacial score (nSPS) is 17.3. The van der Waals surface area contributed by atoms with Gasteiger partial charge in [-0.15, -0.1) is 24.0 Å². The van der Waals surface area contributed by atoms with Crippen molar-refractivity contribution >= 4 is 40.0 Å². The molecule has 0 saturated carbocycles. The molecule has 1 heterocycles. The molecule has 1 fully saturated rings. The van der Waals surface area contributed by atoms with Crippen molar-refractivity contribution in [3.63, 3.8) is 0 Å². The molecule has 0 radical (unpaired) electrons. The van der Waals surface area contributed by atoms with Gasteiger partial charge in [0.2, 0.25) is 10.0 Å². The van der Waals surface area contributed by atoms with E-state index in [2.05, 4.69) is 34.4 Å². The number of nitrogens with two attached hydrogens (primary N) is 1. The Balaban J connectivity index is 0.00000420. The van der Waals surface area contributed by atoms with E-state index in [0.29, 0.717) is 24.5 Å². The van der Waals surface area contributed by atoms with Gasteiger partial charge in [-0.2, -0.15) is 0 Å². The number of benzene rings is 1. The second-order valence-corrected chi connectivity index (χ2v) is 9.32. The fourth-order valence-corrected chi connectivity index (χ4v) is 4.24. The van der Waals surface area contributed by atoms with Crippen molar-refractivity contribution < 1.29 is 8.42 Å². The van der Waals surface area contributed by atoms with Gasteiger partial charge in [0.1, 0.15) is 0 Å². The standard InChI is InChI=1S/C20H35N5O2S.HI/c1-16(2)19(25-11-6-4-5-7-12-25)15-24-20(22-3)23-14-17-9-8-10-18(13-17)28(21,26)27;/h8-10,13,16,19H,4-7,11-12,14-15H2,1-3H3,(H2,21,26,27)(H2,22,23,24);1H. The molecule has 0 bridgehead atoms.